The molecule has 0 spiro atoms. The summed E-state index contributed by atoms with van der Waals surface area (Å²) in [6.07, 6.45) is 5.96. The van der Waals surface area contributed by atoms with E-state index in [1.54, 1.807) is 0 Å². The van der Waals surface area contributed by atoms with Crippen molar-refractivity contribution in [2.24, 2.45) is 0 Å². The third kappa shape index (κ3) is 3.39. The van der Waals surface area contributed by atoms with Gasteiger partial charge in [-0.1, -0.05) is 26.3 Å². The predicted octanol–water partition coefficient (Wildman–Crippen LogP) is 2.41. The van der Waals surface area contributed by atoms with Gasteiger partial charge in [0.25, 0.3) is 0 Å². The number of ether oxygens (including phenoxy) is 1. The Bertz CT molecular complexity index is 159. The molecular formula is C11H21NO. The van der Waals surface area contributed by atoms with E-state index in [9.17, 15) is 0 Å². The number of morpholine rings is 1. The van der Waals surface area contributed by atoms with E-state index in [4.69, 9.17) is 4.74 Å². The molecule has 0 aromatic carbocycles. The summed E-state index contributed by atoms with van der Waals surface area (Å²) in [4.78, 5) is 2.47. The van der Waals surface area contributed by atoms with Crippen molar-refractivity contribution in [3.63, 3.8) is 0 Å². The molecule has 0 bridgehead atoms. The predicted molar refractivity (Wildman–Crippen MR) is 55.7 cm³/mol. The summed E-state index contributed by atoms with van der Waals surface area (Å²) < 4.78 is 5.34. The molecule has 1 aliphatic rings. The fraction of sp³-hybridized carbons (Fsp3) is 0.818. The minimum atomic E-state index is 0.894. The van der Waals surface area contributed by atoms with E-state index in [2.05, 4.69) is 24.8 Å². The molecule has 1 rings (SSSR count). The van der Waals surface area contributed by atoms with Crippen LogP contribution in [0.1, 0.15) is 33.1 Å². The van der Waals surface area contributed by atoms with Crippen LogP contribution in [0.3, 0.4) is 0 Å². The Kier molecular flexibility index (Phi) is 4.91. The molecule has 1 aliphatic heterocycles. The van der Waals surface area contributed by atoms with Gasteiger partial charge in [-0.2, -0.15) is 0 Å². The largest absolute Gasteiger partial charge is 0.378 e. The Morgan fingerprint density at radius 1 is 1.31 bits per heavy atom. The zero-order valence-corrected chi connectivity index (χ0v) is 8.88. The van der Waals surface area contributed by atoms with Crippen LogP contribution in [0.15, 0.2) is 11.8 Å². The zero-order valence-electron chi connectivity index (χ0n) is 8.88. The van der Waals surface area contributed by atoms with Gasteiger partial charge >= 0.3 is 0 Å². The highest BCUT2D eigenvalue weighted by Crippen LogP contribution is 2.14. The quantitative estimate of drug-likeness (QED) is 0.663. The summed E-state index contributed by atoms with van der Waals surface area (Å²) in [6.45, 7) is 8.38. The lowest BCUT2D eigenvalue weighted by Gasteiger charge is -2.31. The number of rotatable bonds is 4. The zero-order chi connectivity index (χ0) is 9.52. The fourth-order valence-electron chi connectivity index (χ4n) is 1.73. The summed E-state index contributed by atoms with van der Waals surface area (Å²) in [5.41, 5.74) is 1.52. The van der Waals surface area contributed by atoms with Crippen LogP contribution in [0.2, 0.25) is 0 Å². The normalized spacial score (nSPS) is 19.2. The third-order valence-corrected chi connectivity index (χ3v) is 2.36. The van der Waals surface area contributed by atoms with E-state index in [-0.39, 0.29) is 0 Å². The number of hydrogen-bond acceptors (Lipinski definition) is 2. The van der Waals surface area contributed by atoms with Gasteiger partial charge in [-0.05, 0) is 12.8 Å². The number of nitrogens with zero attached hydrogens (tertiary/aromatic N) is 1. The van der Waals surface area contributed by atoms with Gasteiger partial charge in [-0.3, -0.25) is 0 Å². The summed E-state index contributed by atoms with van der Waals surface area (Å²) >= 11 is 0. The number of allylic oxidation sites excluding steroid dienone is 2. The minimum absolute atomic E-state index is 0.894. The molecule has 0 aliphatic carbocycles. The lowest BCUT2D eigenvalue weighted by molar-refractivity contribution is 0.0518. The van der Waals surface area contributed by atoms with E-state index < -0.39 is 0 Å². The Hall–Kier alpha value is -0.500. The average Bonchev–Trinajstić information content (AvgIpc) is 2.19. The van der Waals surface area contributed by atoms with Crippen LogP contribution in [0.25, 0.3) is 0 Å². The summed E-state index contributed by atoms with van der Waals surface area (Å²) in [7, 11) is 0. The van der Waals surface area contributed by atoms with Crippen LogP contribution < -0.4 is 0 Å². The van der Waals surface area contributed by atoms with Crippen molar-refractivity contribution in [1.29, 1.82) is 0 Å². The standard InChI is InChI=1S/C11H21NO/c1-3-5-11(6-4-2)12-7-9-13-10-8-12/h5H,3-4,6-10H2,1-2H3/b11-5+. The third-order valence-electron chi connectivity index (χ3n) is 2.36. The van der Waals surface area contributed by atoms with Gasteiger partial charge in [0.05, 0.1) is 13.2 Å². The SMILES string of the molecule is CC/C=C(\CCC)N1CCOCC1. The van der Waals surface area contributed by atoms with Gasteiger partial charge in [0.15, 0.2) is 0 Å². The maximum Gasteiger partial charge on any atom is 0.0642 e. The second kappa shape index (κ2) is 6.03. The lowest BCUT2D eigenvalue weighted by atomic mass is 10.2. The maximum absolute atomic E-state index is 5.34. The molecule has 1 fully saturated rings. The van der Waals surface area contributed by atoms with Gasteiger partial charge in [0, 0.05) is 18.8 Å². The Labute approximate surface area is 81.6 Å². The molecule has 13 heavy (non-hydrogen) atoms. The average molecular weight is 183 g/mol. The highest BCUT2D eigenvalue weighted by molar-refractivity contribution is 5.01. The van der Waals surface area contributed by atoms with Crippen molar-refractivity contribution in [3.8, 4) is 0 Å². The molecule has 1 saturated heterocycles. The summed E-state index contributed by atoms with van der Waals surface area (Å²) in [6, 6.07) is 0. The van der Waals surface area contributed by atoms with Crippen LogP contribution in [0.4, 0.5) is 0 Å². The second-order valence-corrected chi connectivity index (χ2v) is 3.45. The van der Waals surface area contributed by atoms with Gasteiger partial charge in [0.1, 0.15) is 0 Å². The van der Waals surface area contributed by atoms with E-state index in [1.807, 2.05) is 0 Å². The molecule has 0 unspecified atom stereocenters. The van der Waals surface area contributed by atoms with Crippen molar-refractivity contribution in [2.75, 3.05) is 26.3 Å². The van der Waals surface area contributed by atoms with Crippen molar-refractivity contribution in [1.82, 2.24) is 4.90 Å². The Balaban J connectivity index is 2.46. The van der Waals surface area contributed by atoms with Crippen LogP contribution in [0.5, 0.6) is 0 Å². The molecular weight excluding hydrogens is 162 g/mol. The van der Waals surface area contributed by atoms with Crippen LogP contribution in [-0.4, -0.2) is 31.2 Å². The first-order valence-electron chi connectivity index (χ1n) is 5.40. The van der Waals surface area contributed by atoms with E-state index >= 15 is 0 Å². The molecule has 76 valence electrons. The van der Waals surface area contributed by atoms with Gasteiger partial charge in [-0.25, -0.2) is 0 Å². The molecule has 2 heteroatoms. The van der Waals surface area contributed by atoms with E-state index in [1.165, 1.54) is 18.5 Å². The van der Waals surface area contributed by atoms with Crippen molar-refractivity contribution >= 4 is 0 Å². The highest BCUT2D eigenvalue weighted by Gasteiger charge is 2.11. The highest BCUT2D eigenvalue weighted by atomic mass is 16.5. The van der Waals surface area contributed by atoms with E-state index in [0.29, 0.717) is 0 Å². The first-order valence-corrected chi connectivity index (χ1v) is 5.40. The first kappa shape index (κ1) is 10.6. The molecule has 2 nitrogen and oxygen atoms in total. The van der Waals surface area contributed by atoms with Gasteiger partial charge in [-0.15, -0.1) is 0 Å². The van der Waals surface area contributed by atoms with Crippen molar-refractivity contribution in [3.05, 3.63) is 11.8 Å². The van der Waals surface area contributed by atoms with Crippen LogP contribution in [-0.2, 0) is 4.74 Å². The molecule has 0 N–H and O–H groups in total. The fourth-order valence-corrected chi connectivity index (χ4v) is 1.73. The van der Waals surface area contributed by atoms with Crippen LogP contribution >= 0.6 is 0 Å². The molecule has 0 aromatic heterocycles. The van der Waals surface area contributed by atoms with Crippen LogP contribution in [0, 0.1) is 0 Å². The molecule has 0 radical (unpaired) electrons. The Morgan fingerprint density at radius 3 is 2.54 bits per heavy atom. The number of hydrogen-bond donors (Lipinski definition) is 0. The molecule has 0 saturated carbocycles. The molecule has 1 heterocycles. The molecule has 0 atom stereocenters. The van der Waals surface area contributed by atoms with Crippen molar-refractivity contribution < 1.29 is 4.74 Å². The summed E-state index contributed by atoms with van der Waals surface area (Å²) in [5.74, 6) is 0. The first-order chi connectivity index (χ1) is 6.38. The molecule has 0 amide bonds. The van der Waals surface area contributed by atoms with Crippen molar-refractivity contribution in [2.45, 2.75) is 33.1 Å². The summed E-state index contributed by atoms with van der Waals surface area (Å²) in [5, 5.41) is 0. The molecule has 0 aromatic rings. The van der Waals surface area contributed by atoms with E-state index in [0.717, 1.165) is 32.7 Å². The monoisotopic (exact) mass is 183 g/mol. The second-order valence-electron chi connectivity index (χ2n) is 3.45. The Morgan fingerprint density at radius 2 is 2.00 bits per heavy atom. The minimum Gasteiger partial charge on any atom is -0.378 e. The van der Waals surface area contributed by atoms with Gasteiger partial charge < -0.3 is 9.64 Å². The lowest BCUT2D eigenvalue weighted by Crippen LogP contribution is -2.35. The topological polar surface area (TPSA) is 12.5 Å². The van der Waals surface area contributed by atoms with Gasteiger partial charge in [0.2, 0.25) is 0 Å². The maximum atomic E-state index is 5.34. The smallest absolute Gasteiger partial charge is 0.0642 e.